The van der Waals surface area contributed by atoms with E-state index >= 15 is 0 Å². The largest absolute Gasteiger partial charge is 0.458 e. The van der Waals surface area contributed by atoms with Crippen molar-refractivity contribution >= 4 is 16.9 Å². The molecule has 1 amide bonds. The van der Waals surface area contributed by atoms with Crippen LogP contribution in [-0.4, -0.2) is 22.7 Å². The number of amides is 1. The molecule has 1 aliphatic carbocycles. The monoisotopic (exact) mass is 326 g/mol. The Bertz CT molecular complexity index is 856. The predicted octanol–water partition coefficient (Wildman–Crippen LogP) is 2.94. The highest BCUT2D eigenvalue weighted by atomic mass is 16.5. The summed E-state index contributed by atoms with van der Waals surface area (Å²) < 4.78 is 10.9. The molecule has 1 aromatic carbocycles. The maximum atomic E-state index is 12.2. The molecule has 0 spiro atoms. The van der Waals surface area contributed by atoms with Crippen LogP contribution in [0.5, 0.6) is 0 Å². The zero-order chi connectivity index (χ0) is 16.7. The van der Waals surface area contributed by atoms with Crippen molar-refractivity contribution in [1.29, 1.82) is 0 Å². The van der Waals surface area contributed by atoms with Gasteiger partial charge in [0, 0.05) is 17.4 Å². The topological polar surface area (TPSA) is 88.5 Å². The summed E-state index contributed by atoms with van der Waals surface area (Å²) in [6.45, 7) is 1.61. The molecule has 0 radical (unpaired) electrons. The lowest BCUT2D eigenvalue weighted by Gasteiger charge is -2.20. The fraction of sp³-hybridized carbons (Fsp3) is 0.333. The van der Waals surface area contributed by atoms with Crippen LogP contribution in [0, 0.1) is 0 Å². The predicted molar refractivity (Wildman–Crippen MR) is 86.6 cm³/mol. The van der Waals surface area contributed by atoms with Gasteiger partial charge >= 0.3 is 0 Å². The fourth-order valence-electron chi connectivity index (χ4n) is 2.63. The van der Waals surface area contributed by atoms with Gasteiger partial charge in [-0.1, -0.05) is 23.4 Å². The van der Waals surface area contributed by atoms with Gasteiger partial charge in [-0.3, -0.25) is 4.79 Å². The van der Waals surface area contributed by atoms with Crippen molar-refractivity contribution in [2.75, 3.05) is 6.54 Å². The van der Waals surface area contributed by atoms with Crippen LogP contribution >= 0.6 is 0 Å². The molecule has 0 bridgehead atoms. The normalized spacial score (nSPS) is 16.9. The maximum Gasteiger partial charge on any atom is 0.273 e. The molecule has 4 rings (SSSR count). The molecule has 24 heavy (non-hydrogen) atoms. The van der Waals surface area contributed by atoms with Gasteiger partial charge in [-0.25, -0.2) is 0 Å². The highest BCUT2D eigenvalue weighted by Gasteiger charge is 2.31. The van der Waals surface area contributed by atoms with E-state index in [1.807, 2.05) is 24.3 Å². The molecule has 1 aliphatic rings. The molecule has 2 aromatic heterocycles. The van der Waals surface area contributed by atoms with Crippen LogP contribution in [0.15, 0.2) is 45.3 Å². The molecule has 3 aromatic rings. The van der Waals surface area contributed by atoms with Crippen LogP contribution < -0.4 is 5.32 Å². The van der Waals surface area contributed by atoms with Gasteiger partial charge < -0.3 is 19.4 Å². The van der Waals surface area contributed by atoms with Crippen molar-refractivity contribution in [2.45, 2.75) is 31.3 Å². The average Bonchev–Trinajstić information content (AvgIpc) is 3.13. The number of benzene rings is 1. The zero-order valence-electron chi connectivity index (χ0n) is 13.3. The Balaban J connectivity index is 1.45. The minimum atomic E-state index is -1.32. The first-order chi connectivity index (χ1) is 11.5. The van der Waals surface area contributed by atoms with Crippen molar-refractivity contribution in [1.82, 2.24) is 10.5 Å². The molecule has 1 unspecified atom stereocenters. The Morgan fingerprint density at radius 2 is 2.17 bits per heavy atom. The number of hydrogen-bond acceptors (Lipinski definition) is 5. The fourth-order valence-corrected chi connectivity index (χ4v) is 2.63. The van der Waals surface area contributed by atoms with Crippen molar-refractivity contribution in [3.05, 3.63) is 53.6 Å². The van der Waals surface area contributed by atoms with Gasteiger partial charge in [0.15, 0.2) is 5.69 Å². The quantitative estimate of drug-likeness (QED) is 0.752. The van der Waals surface area contributed by atoms with Crippen LogP contribution in [0.4, 0.5) is 0 Å². The zero-order valence-corrected chi connectivity index (χ0v) is 13.3. The van der Waals surface area contributed by atoms with Crippen LogP contribution in [0.3, 0.4) is 0 Å². The minimum Gasteiger partial charge on any atom is -0.458 e. The Labute approximate surface area is 138 Å². The molecule has 6 nitrogen and oxygen atoms in total. The smallest absolute Gasteiger partial charge is 0.273 e. The second kappa shape index (κ2) is 5.49. The number of rotatable bonds is 5. The lowest BCUT2D eigenvalue weighted by molar-refractivity contribution is 0.0343. The Hall–Kier alpha value is -2.60. The molecule has 124 valence electrons. The summed E-state index contributed by atoms with van der Waals surface area (Å²) >= 11 is 0. The van der Waals surface area contributed by atoms with Gasteiger partial charge in [0.2, 0.25) is 0 Å². The number of nitrogens with zero attached hydrogens (tertiary/aromatic N) is 1. The van der Waals surface area contributed by atoms with Gasteiger partial charge in [-0.15, -0.1) is 0 Å². The molecule has 6 heteroatoms. The second-order valence-electron chi connectivity index (χ2n) is 6.49. The Morgan fingerprint density at radius 3 is 2.92 bits per heavy atom. The number of carbonyl (C=O) groups is 1. The third-order valence-corrected chi connectivity index (χ3v) is 4.29. The number of para-hydroxylation sites is 1. The summed E-state index contributed by atoms with van der Waals surface area (Å²) in [6, 6.07) is 11.0. The minimum absolute atomic E-state index is 0.0112. The SMILES string of the molecule is CC(O)(CNC(=O)c1cc(C2CC2)on1)c1cc2ccccc2o1. The molecular formula is C18H18N2O4. The molecule has 0 aliphatic heterocycles. The van der Waals surface area contributed by atoms with Gasteiger partial charge in [0.05, 0.1) is 6.54 Å². The van der Waals surface area contributed by atoms with E-state index in [1.165, 1.54) is 0 Å². The van der Waals surface area contributed by atoms with Crippen molar-refractivity contribution in [2.24, 2.45) is 0 Å². The summed E-state index contributed by atoms with van der Waals surface area (Å²) in [7, 11) is 0. The van der Waals surface area contributed by atoms with Crippen LogP contribution in [-0.2, 0) is 5.60 Å². The summed E-state index contributed by atoms with van der Waals surface area (Å²) in [4.78, 5) is 12.2. The average molecular weight is 326 g/mol. The van der Waals surface area contributed by atoms with E-state index in [-0.39, 0.29) is 18.1 Å². The lowest BCUT2D eigenvalue weighted by Crippen LogP contribution is -2.38. The number of carbonyl (C=O) groups excluding carboxylic acids is 1. The van der Waals surface area contributed by atoms with Gasteiger partial charge in [-0.05, 0) is 31.9 Å². The van der Waals surface area contributed by atoms with Crippen molar-refractivity contribution in [3.63, 3.8) is 0 Å². The number of furan rings is 1. The van der Waals surface area contributed by atoms with Gasteiger partial charge in [0.1, 0.15) is 22.7 Å². The first-order valence-electron chi connectivity index (χ1n) is 7.99. The number of hydrogen-bond donors (Lipinski definition) is 2. The molecule has 0 saturated heterocycles. The number of aromatic nitrogens is 1. The van der Waals surface area contributed by atoms with E-state index in [4.69, 9.17) is 8.94 Å². The summed E-state index contributed by atoms with van der Waals surface area (Å²) in [5, 5.41) is 18.0. The Morgan fingerprint density at radius 1 is 1.38 bits per heavy atom. The first kappa shape index (κ1) is 15.0. The molecule has 1 fully saturated rings. The van der Waals surface area contributed by atoms with Crippen LogP contribution in [0.1, 0.15) is 47.7 Å². The van der Waals surface area contributed by atoms with Gasteiger partial charge in [0.25, 0.3) is 5.91 Å². The van der Waals surface area contributed by atoms with Crippen molar-refractivity contribution in [3.8, 4) is 0 Å². The molecule has 1 saturated carbocycles. The molecule has 1 atom stereocenters. The highest BCUT2D eigenvalue weighted by molar-refractivity contribution is 5.92. The van der Waals surface area contributed by atoms with E-state index in [0.717, 1.165) is 24.0 Å². The van der Waals surface area contributed by atoms with E-state index in [2.05, 4.69) is 10.5 Å². The summed E-state index contributed by atoms with van der Waals surface area (Å²) in [6.07, 6.45) is 2.16. The second-order valence-corrected chi connectivity index (χ2v) is 6.49. The molecular weight excluding hydrogens is 308 g/mol. The van der Waals surface area contributed by atoms with Crippen LogP contribution in [0.2, 0.25) is 0 Å². The number of aliphatic hydroxyl groups is 1. The van der Waals surface area contributed by atoms with E-state index in [9.17, 15) is 9.90 Å². The van der Waals surface area contributed by atoms with Crippen LogP contribution in [0.25, 0.3) is 11.0 Å². The maximum absolute atomic E-state index is 12.2. The lowest BCUT2D eigenvalue weighted by atomic mass is 10.0. The number of fused-ring (bicyclic) bond motifs is 1. The first-order valence-corrected chi connectivity index (χ1v) is 7.99. The summed E-state index contributed by atoms with van der Waals surface area (Å²) in [5.74, 6) is 1.19. The number of nitrogens with one attached hydrogen (secondary N) is 1. The van der Waals surface area contributed by atoms with Gasteiger partial charge in [-0.2, -0.15) is 0 Å². The van der Waals surface area contributed by atoms with E-state index in [0.29, 0.717) is 17.3 Å². The molecule has 2 heterocycles. The summed E-state index contributed by atoms with van der Waals surface area (Å²) in [5.41, 5.74) is -0.389. The third-order valence-electron chi connectivity index (χ3n) is 4.29. The van der Waals surface area contributed by atoms with E-state index in [1.54, 1.807) is 19.1 Å². The highest BCUT2D eigenvalue weighted by Crippen LogP contribution is 2.40. The third kappa shape index (κ3) is 2.80. The van der Waals surface area contributed by atoms with E-state index < -0.39 is 5.60 Å². The standard InChI is InChI=1S/C18H18N2O4/c1-18(22,16-8-12-4-2-3-5-14(12)23-16)10-19-17(21)13-9-15(24-20-13)11-6-7-11/h2-5,8-9,11,22H,6-7,10H2,1H3,(H,19,21). The van der Waals surface area contributed by atoms with Crippen molar-refractivity contribution < 1.29 is 18.8 Å². The Kier molecular flexibility index (Phi) is 3.42. The molecule has 2 N–H and O–H groups in total.